The Hall–Kier alpha value is -3.79. The number of sulfonamides is 1. The number of rotatable bonds is 9. The third-order valence-corrected chi connectivity index (χ3v) is 8.84. The zero-order valence-electron chi connectivity index (χ0n) is 23.1. The van der Waals surface area contributed by atoms with Gasteiger partial charge in [0.15, 0.2) is 0 Å². The largest absolute Gasteiger partial charge is 0.487 e. The number of para-hydroxylation sites is 1. The predicted molar refractivity (Wildman–Crippen MR) is 161 cm³/mol. The number of halogens is 1. The predicted octanol–water partition coefficient (Wildman–Crippen LogP) is 6.17. The minimum Gasteiger partial charge on any atom is -0.487 e. The van der Waals surface area contributed by atoms with Crippen molar-refractivity contribution in [3.8, 4) is 22.7 Å². The normalized spacial score (nSPS) is 15.6. The number of nitrogens with zero attached hydrogens (tertiary/aromatic N) is 2. The highest BCUT2D eigenvalue weighted by Crippen LogP contribution is 2.39. The topological polar surface area (TPSA) is 89.9 Å². The number of anilines is 1. The molecule has 2 heterocycles. The average Bonchev–Trinajstić information content (AvgIpc) is 3.51. The molecule has 0 aliphatic carbocycles. The first-order chi connectivity index (χ1) is 19.7. The van der Waals surface area contributed by atoms with Crippen molar-refractivity contribution < 1.29 is 22.7 Å². The summed E-state index contributed by atoms with van der Waals surface area (Å²) in [4.78, 5) is 15.5. The van der Waals surface area contributed by atoms with Crippen LogP contribution in [0, 0.1) is 6.92 Å². The molecule has 1 aromatic heterocycles. The second-order valence-corrected chi connectivity index (χ2v) is 12.0. The van der Waals surface area contributed by atoms with E-state index < -0.39 is 16.0 Å². The maximum atomic E-state index is 14.2. The maximum Gasteiger partial charge on any atom is 0.341 e. The molecule has 0 spiro atoms. The molecule has 1 N–H and O–H groups in total. The van der Waals surface area contributed by atoms with Gasteiger partial charge in [-0.05, 0) is 57.1 Å². The zero-order chi connectivity index (χ0) is 29.1. The summed E-state index contributed by atoms with van der Waals surface area (Å²) >= 11 is 6.41. The number of aromatic nitrogens is 1. The van der Waals surface area contributed by atoms with Gasteiger partial charge in [-0.3, -0.25) is 4.72 Å². The van der Waals surface area contributed by atoms with E-state index in [2.05, 4.69) is 9.62 Å². The zero-order valence-corrected chi connectivity index (χ0v) is 24.7. The van der Waals surface area contributed by atoms with Crippen molar-refractivity contribution >= 4 is 33.3 Å². The van der Waals surface area contributed by atoms with Gasteiger partial charge in [0.1, 0.15) is 22.3 Å². The SMILES string of the molecule is CCOC(=O)c1c(S(=O)(=O)Nc2ccc(Cl)c(OC3CCN(C)C3)c2)c(C)n(-c2ccccc2)c1-c1ccccc1. The van der Waals surface area contributed by atoms with Crippen molar-refractivity contribution in [3.63, 3.8) is 0 Å². The van der Waals surface area contributed by atoms with Gasteiger partial charge in [0.25, 0.3) is 10.0 Å². The van der Waals surface area contributed by atoms with Crippen molar-refractivity contribution in [2.24, 2.45) is 0 Å². The Balaban J connectivity index is 1.64. The summed E-state index contributed by atoms with van der Waals surface area (Å²) in [6.45, 7) is 5.12. The first kappa shape index (κ1) is 28.7. The molecule has 5 rings (SSSR count). The fraction of sp³-hybridized carbons (Fsp3) is 0.258. The van der Waals surface area contributed by atoms with Gasteiger partial charge in [-0.2, -0.15) is 0 Å². The number of likely N-dealkylation sites (tertiary alicyclic amines) is 1. The van der Waals surface area contributed by atoms with Gasteiger partial charge in [0, 0.05) is 30.5 Å². The molecular weight excluding hydrogens is 562 g/mol. The molecule has 41 heavy (non-hydrogen) atoms. The molecule has 10 heteroatoms. The Morgan fingerprint density at radius 2 is 1.73 bits per heavy atom. The lowest BCUT2D eigenvalue weighted by molar-refractivity contribution is 0.0523. The maximum absolute atomic E-state index is 14.2. The van der Waals surface area contributed by atoms with E-state index in [-0.39, 0.29) is 28.9 Å². The molecule has 0 bridgehead atoms. The van der Waals surface area contributed by atoms with Crippen LogP contribution in [0.15, 0.2) is 83.8 Å². The molecule has 214 valence electrons. The van der Waals surface area contributed by atoms with Crippen LogP contribution in [0.2, 0.25) is 5.02 Å². The number of carbonyl (C=O) groups excluding carboxylic acids is 1. The summed E-state index contributed by atoms with van der Waals surface area (Å²) in [5, 5.41) is 0.382. The molecule has 1 aliphatic rings. The summed E-state index contributed by atoms with van der Waals surface area (Å²) in [5.74, 6) is -0.337. The second kappa shape index (κ2) is 12.0. The minimum absolute atomic E-state index is 0.0358. The first-order valence-electron chi connectivity index (χ1n) is 13.4. The smallest absolute Gasteiger partial charge is 0.341 e. The number of nitrogens with one attached hydrogen (secondary N) is 1. The Labute approximate surface area is 245 Å². The van der Waals surface area contributed by atoms with Gasteiger partial charge in [-0.15, -0.1) is 0 Å². The molecule has 1 saturated heterocycles. The fourth-order valence-electron chi connectivity index (χ4n) is 5.19. The molecule has 0 amide bonds. The first-order valence-corrected chi connectivity index (χ1v) is 15.3. The van der Waals surface area contributed by atoms with Gasteiger partial charge in [0.05, 0.1) is 23.0 Å². The van der Waals surface area contributed by atoms with E-state index in [1.807, 2.05) is 67.7 Å². The second-order valence-electron chi connectivity index (χ2n) is 9.94. The Morgan fingerprint density at radius 1 is 1.05 bits per heavy atom. The molecule has 4 aromatic rings. The standard InChI is InChI=1S/C31H32ClN3O5S/c1-4-39-31(36)28-29(22-11-7-5-8-12-22)35(24-13-9-6-10-14-24)21(2)30(28)41(37,38)33-23-15-16-26(32)27(19-23)40-25-17-18-34(3)20-25/h5-16,19,25,33H,4,17-18,20H2,1-3H3. The van der Waals surface area contributed by atoms with E-state index in [0.29, 0.717) is 33.4 Å². The molecule has 1 aliphatic heterocycles. The Kier molecular flexibility index (Phi) is 8.40. The van der Waals surface area contributed by atoms with Gasteiger partial charge in [-0.25, -0.2) is 13.2 Å². The van der Waals surface area contributed by atoms with Crippen molar-refractivity contribution in [1.82, 2.24) is 9.47 Å². The van der Waals surface area contributed by atoms with Crippen molar-refractivity contribution in [2.45, 2.75) is 31.3 Å². The summed E-state index contributed by atoms with van der Waals surface area (Å²) in [6, 6.07) is 23.3. The van der Waals surface area contributed by atoms with Crippen LogP contribution >= 0.6 is 11.6 Å². The number of hydrogen-bond acceptors (Lipinski definition) is 6. The van der Waals surface area contributed by atoms with E-state index in [0.717, 1.165) is 19.5 Å². The third kappa shape index (κ3) is 5.98. The van der Waals surface area contributed by atoms with Gasteiger partial charge < -0.3 is 18.9 Å². The summed E-state index contributed by atoms with van der Waals surface area (Å²) < 4.78 is 44.3. The molecule has 0 radical (unpaired) electrons. The van der Waals surface area contributed by atoms with Crippen molar-refractivity contribution in [2.75, 3.05) is 31.5 Å². The monoisotopic (exact) mass is 593 g/mol. The summed E-state index contributed by atoms with van der Waals surface area (Å²) in [7, 11) is -2.28. The number of hydrogen-bond donors (Lipinski definition) is 1. The summed E-state index contributed by atoms with van der Waals surface area (Å²) in [6.07, 6.45) is 0.801. The van der Waals surface area contributed by atoms with Crippen molar-refractivity contribution in [3.05, 3.63) is 95.1 Å². The van der Waals surface area contributed by atoms with E-state index in [1.165, 1.54) is 0 Å². The van der Waals surface area contributed by atoms with Gasteiger partial charge in [-0.1, -0.05) is 60.1 Å². The molecule has 0 saturated carbocycles. The van der Waals surface area contributed by atoms with E-state index in [4.69, 9.17) is 21.1 Å². The minimum atomic E-state index is -4.30. The van der Waals surface area contributed by atoms with Crippen LogP contribution in [-0.2, 0) is 14.8 Å². The van der Waals surface area contributed by atoms with Crippen LogP contribution < -0.4 is 9.46 Å². The quantitative estimate of drug-likeness (QED) is 0.234. The average molecular weight is 594 g/mol. The van der Waals surface area contributed by atoms with E-state index in [1.54, 1.807) is 36.6 Å². The number of benzene rings is 3. The van der Waals surface area contributed by atoms with Crippen molar-refractivity contribution in [1.29, 1.82) is 0 Å². The molecule has 3 aromatic carbocycles. The lowest BCUT2D eigenvalue weighted by Gasteiger charge is -2.16. The van der Waals surface area contributed by atoms with Gasteiger partial charge in [0.2, 0.25) is 0 Å². The van der Waals surface area contributed by atoms with Crippen LogP contribution in [-0.4, -0.2) is 56.7 Å². The highest BCUT2D eigenvalue weighted by atomic mass is 35.5. The van der Waals surface area contributed by atoms with E-state index in [9.17, 15) is 13.2 Å². The number of ether oxygens (including phenoxy) is 2. The Morgan fingerprint density at radius 3 is 2.37 bits per heavy atom. The van der Waals surface area contributed by atoms with Crippen LogP contribution in [0.4, 0.5) is 5.69 Å². The number of likely N-dealkylation sites (N-methyl/N-ethyl adjacent to an activating group) is 1. The lowest BCUT2D eigenvalue weighted by Crippen LogP contribution is -2.21. The molecule has 1 atom stereocenters. The molecular formula is C31H32ClN3O5S. The van der Waals surface area contributed by atoms with E-state index >= 15 is 0 Å². The fourth-order valence-corrected chi connectivity index (χ4v) is 6.82. The van der Waals surface area contributed by atoms with Crippen LogP contribution in [0.5, 0.6) is 5.75 Å². The highest BCUT2D eigenvalue weighted by Gasteiger charge is 2.35. The highest BCUT2D eigenvalue weighted by molar-refractivity contribution is 7.92. The van der Waals surface area contributed by atoms with Crippen LogP contribution in [0.25, 0.3) is 16.9 Å². The third-order valence-electron chi connectivity index (χ3n) is 6.99. The Bertz CT molecular complexity index is 1660. The van der Waals surface area contributed by atoms with Gasteiger partial charge >= 0.3 is 5.97 Å². The molecule has 8 nitrogen and oxygen atoms in total. The van der Waals surface area contributed by atoms with Crippen LogP contribution in [0.3, 0.4) is 0 Å². The summed E-state index contributed by atoms with van der Waals surface area (Å²) in [5.41, 5.74) is 2.40. The molecule has 1 unspecified atom stereocenters. The number of esters is 1. The van der Waals surface area contributed by atoms with Crippen LogP contribution in [0.1, 0.15) is 29.4 Å². The lowest BCUT2D eigenvalue weighted by atomic mass is 10.1. The molecule has 1 fully saturated rings. The number of carbonyl (C=O) groups is 1.